The number of carbonyl (C=O) groups excluding carboxylic acids is 1. The number of ether oxygens (including phenoxy) is 1. The summed E-state index contributed by atoms with van der Waals surface area (Å²) in [6, 6.07) is 0. The Balaban J connectivity index is 3.73. The van der Waals surface area contributed by atoms with Crippen molar-refractivity contribution in [2.24, 2.45) is 0 Å². The Hall–Kier alpha value is -1.06. The SMILES string of the molecule is CCCCCCCCCCCCCCCCCCCC(=O)OC(CCCCCC)CCCCCCCCCCCCC(=O)O. The smallest absolute Gasteiger partial charge is 0.306 e. The third-order valence-corrected chi connectivity index (χ3v) is 9.33. The Labute approximate surface area is 275 Å². The van der Waals surface area contributed by atoms with Gasteiger partial charge in [0.25, 0.3) is 0 Å². The highest BCUT2D eigenvalue weighted by molar-refractivity contribution is 5.69. The monoisotopic (exact) mass is 623 g/mol. The molecule has 0 rings (SSSR count). The minimum atomic E-state index is -0.673. The standard InChI is InChI=1S/C40H78O4/c1-3-5-7-9-10-11-12-13-14-15-16-17-18-23-26-29-33-37-40(43)44-38(34-30-8-6-4-2)35-31-27-24-21-19-20-22-25-28-32-36-39(41)42/h38H,3-37H2,1-2H3,(H,41,42). The van der Waals surface area contributed by atoms with Crippen molar-refractivity contribution in [1.82, 2.24) is 0 Å². The first-order chi connectivity index (χ1) is 21.6. The molecule has 0 spiro atoms. The quantitative estimate of drug-likeness (QED) is 0.0553. The van der Waals surface area contributed by atoms with Crippen molar-refractivity contribution in [3.8, 4) is 0 Å². The Bertz CT molecular complexity index is 590. The molecule has 0 heterocycles. The number of aliphatic carboxylic acids is 1. The van der Waals surface area contributed by atoms with E-state index in [-0.39, 0.29) is 12.1 Å². The zero-order valence-electron chi connectivity index (χ0n) is 30.0. The third-order valence-electron chi connectivity index (χ3n) is 9.33. The van der Waals surface area contributed by atoms with Gasteiger partial charge in [-0.1, -0.05) is 187 Å². The Morgan fingerprint density at radius 3 is 1.02 bits per heavy atom. The average molecular weight is 623 g/mol. The first kappa shape index (κ1) is 42.9. The molecule has 4 nitrogen and oxygen atoms in total. The summed E-state index contributed by atoms with van der Waals surface area (Å²) in [5.74, 6) is -0.636. The molecule has 0 aromatic carbocycles. The van der Waals surface area contributed by atoms with Crippen LogP contribution in [0.5, 0.6) is 0 Å². The van der Waals surface area contributed by atoms with Crippen LogP contribution in [0, 0.1) is 0 Å². The Morgan fingerprint density at radius 2 is 0.682 bits per heavy atom. The summed E-state index contributed by atoms with van der Waals surface area (Å²) < 4.78 is 5.99. The minimum absolute atomic E-state index is 0.0369. The molecule has 4 heteroatoms. The lowest BCUT2D eigenvalue weighted by Gasteiger charge is -2.18. The summed E-state index contributed by atoms with van der Waals surface area (Å²) in [5, 5.41) is 8.69. The van der Waals surface area contributed by atoms with E-state index in [0.29, 0.717) is 12.8 Å². The van der Waals surface area contributed by atoms with E-state index in [4.69, 9.17) is 9.84 Å². The third kappa shape index (κ3) is 35.4. The van der Waals surface area contributed by atoms with Crippen LogP contribution in [0.1, 0.15) is 239 Å². The van der Waals surface area contributed by atoms with Gasteiger partial charge >= 0.3 is 11.9 Å². The predicted octanol–water partition coefficient (Wildman–Crippen LogP) is 13.7. The molecule has 262 valence electrons. The van der Waals surface area contributed by atoms with Crippen LogP contribution in [-0.2, 0) is 14.3 Å². The maximum absolute atomic E-state index is 12.6. The molecule has 1 atom stereocenters. The highest BCUT2D eigenvalue weighted by atomic mass is 16.5. The topological polar surface area (TPSA) is 63.6 Å². The number of unbranched alkanes of at least 4 members (excludes halogenated alkanes) is 28. The van der Waals surface area contributed by atoms with Gasteiger partial charge in [0.15, 0.2) is 0 Å². The highest BCUT2D eigenvalue weighted by Gasteiger charge is 2.14. The van der Waals surface area contributed by atoms with E-state index in [0.717, 1.165) is 44.9 Å². The predicted molar refractivity (Wildman–Crippen MR) is 190 cm³/mol. The molecule has 0 bridgehead atoms. The van der Waals surface area contributed by atoms with Crippen molar-refractivity contribution in [3.05, 3.63) is 0 Å². The number of carboxylic acids is 1. The van der Waals surface area contributed by atoms with Gasteiger partial charge < -0.3 is 9.84 Å². The average Bonchev–Trinajstić information content (AvgIpc) is 3.01. The zero-order valence-corrected chi connectivity index (χ0v) is 30.0. The Morgan fingerprint density at radius 1 is 0.409 bits per heavy atom. The molecule has 1 N–H and O–H groups in total. The first-order valence-corrected chi connectivity index (χ1v) is 20.0. The van der Waals surface area contributed by atoms with Gasteiger partial charge in [-0.25, -0.2) is 0 Å². The second-order valence-electron chi connectivity index (χ2n) is 13.8. The van der Waals surface area contributed by atoms with E-state index in [9.17, 15) is 9.59 Å². The number of hydrogen-bond donors (Lipinski definition) is 1. The van der Waals surface area contributed by atoms with Gasteiger partial charge in [0.1, 0.15) is 6.10 Å². The number of carboxylic acid groups (broad SMARTS) is 1. The van der Waals surface area contributed by atoms with Crippen molar-refractivity contribution in [3.63, 3.8) is 0 Å². The summed E-state index contributed by atoms with van der Waals surface area (Å²) in [5.41, 5.74) is 0. The largest absolute Gasteiger partial charge is 0.481 e. The Kier molecular flexibility index (Phi) is 35.5. The number of rotatable bonds is 37. The summed E-state index contributed by atoms with van der Waals surface area (Å²) in [6.45, 7) is 4.54. The van der Waals surface area contributed by atoms with Crippen molar-refractivity contribution in [2.45, 2.75) is 245 Å². The molecule has 0 aliphatic carbocycles. The maximum atomic E-state index is 12.6. The van der Waals surface area contributed by atoms with Crippen molar-refractivity contribution >= 4 is 11.9 Å². The van der Waals surface area contributed by atoms with Crippen molar-refractivity contribution in [1.29, 1.82) is 0 Å². The number of esters is 1. The molecule has 0 fully saturated rings. The van der Waals surface area contributed by atoms with Crippen LogP contribution in [0.3, 0.4) is 0 Å². The molecule has 0 aromatic heterocycles. The molecule has 44 heavy (non-hydrogen) atoms. The van der Waals surface area contributed by atoms with Crippen LogP contribution < -0.4 is 0 Å². The number of carbonyl (C=O) groups is 2. The fourth-order valence-electron chi connectivity index (χ4n) is 6.36. The van der Waals surface area contributed by atoms with Crippen LogP contribution >= 0.6 is 0 Å². The number of hydrogen-bond acceptors (Lipinski definition) is 3. The van der Waals surface area contributed by atoms with E-state index >= 15 is 0 Å². The second-order valence-corrected chi connectivity index (χ2v) is 13.8. The molecule has 0 radical (unpaired) electrons. The van der Waals surface area contributed by atoms with Gasteiger partial charge in [-0.05, 0) is 38.5 Å². The van der Waals surface area contributed by atoms with E-state index < -0.39 is 5.97 Å². The molecule has 0 amide bonds. The summed E-state index contributed by atoms with van der Waals surface area (Å²) in [4.78, 5) is 23.1. The van der Waals surface area contributed by atoms with Crippen molar-refractivity contribution in [2.75, 3.05) is 0 Å². The van der Waals surface area contributed by atoms with Crippen LogP contribution in [0.2, 0.25) is 0 Å². The highest BCUT2D eigenvalue weighted by Crippen LogP contribution is 2.19. The molecule has 0 aromatic rings. The first-order valence-electron chi connectivity index (χ1n) is 20.0. The van der Waals surface area contributed by atoms with Crippen molar-refractivity contribution < 1.29 is 19.4 Å². The molecule has 0 saturated heterocycles. The molecule has 1 unspecified atom stereocenters. The fourth-order valence-corrected chi connectivity index (χ4v) is 6.36. The van der Waals surface area contributed by atoms with Crippen LogP contribution in [0.4, 0.5) is 0 Å². The van der Waals surface area contributed by atoms with Gasteiger partial charge in [0, 0.05) is 12.8 Å². The zero-order chi connectivity index (χ0) is 32.2. The van der Waals surface area contributed by atoms with E-state index in [2.05, 4.69) is 13.8 Å². The summed E-state index contributed by atoms with van der Waals surface area (Å²) in [6.07, 6.45) is 42.9. The van der Waals surface area contributed by atoms with Gasteiger partial charge in [0.05, 0.1) is 0 Å². The van der Waals surface area contributed by atoms with Gasteiger partial charge in [0.2, 0.25) is 0 Å². The minimum Gasteiger partial charge on any atom is -0.481 e. The van der Waals surface area contributed by atoms with E-state index in [1.54, 1.807) is 0 Å². The summed E-state index contributed by atoms with van der Waals surface area (Å²) >= 11 is 0. The van der Waals surface area contributed by atoms with Crippen LogP contribution in [0.15, 0.2) is 0 Å². The molecular weight excluding hydrogens is 544 g/mol. The van der Waals surface area contributed by atoms with Crippen LogP contribution in [-0.4, -0.2) is 23.1 Å². The molecule has 0 aliphatic rings. The maximum Gasteiger partial charge on any atom is 0.306 e. The van der Waals surface area contributed by atoms with E-state index in [1.807, 2.05) is 0 Å². The molecule has 0 aliphatic heterocycles. The van der Waals surface area contributed by atoms with Gasteiger partial charge in [-0.3, -0.25) is 9.59 Å². The van der Waals surface area contributed by atoms with Crippen LogP contribution in [0.25, 0.3) is 0 Å². The van der Waals surface area contributed by atoms with Gasteiger partial charge in [-0.15, -0.1) is 0 Å². The second kappa shape index (κ2) is 36.4. The lowest BCUT2D eigenvalue weighted by atomic mass is 10.0. The van der Waals surface area contributed by atoms with Gasteiger partial charge in [-0.2, -0.15) is 0 Å². The molecular formula is C40H78O4. The normalized spacial score (nSPS) is 12.0. The molecule has 0 saturated carbocycles. The lowest BCUT2D eigenvalue weighted by molar-refractivity contribution is -0.150. The summed E-state index contributed by atoms with van der Waals surface area (Å²) in [7, 11) is 0. The van der Waals surface area contributed by atoms with E-state index in [1.165, 1.54) is 167 Å². The lowest BCUT2D eigenvalue weighted by Crippen LogP contribution is -2.18. The fraction of sp³-hybridized carbons (Fsp3) is 0.950.